The number of halogens is 1. The molecule has 8 nitrogen and oxygen atoms in total. The van der Waals surface area contributed by atoms with Crippen molar-refractivity contribution in [2.24, 2.45) is 7.05 Å². The zero-order valence-electron chi connectivity index (χ0n) is 15.9. The second kappa shape index (κ2) is 8.73. The summed E-state index contributed by atoms with van der Waals surface area (Å²) in [6.45, 7) is 2.88. The van der Waals surface area contributed by atoms with Crippen molar-refractivity contribution in [3.8, 4) is 0 Å². The molecule has 0 spiro atoms. The highest BCUT2D eigenvalue weighted by Gasteiger charge is 2.32. The van der Waals surface area contributed by atoms with Gasteiger partial charge in [0.2, 0.25) is 5.69 Å². The first-order chi connectivity index (χ1) is 13.5. The zero-order chi connectivity index (χ0) is 20.1. The molecule has 1 atom stereocenters. The summed E-state index contributed by atoms with van der Waals surface area (Å²) in [5, 5.41) is 6.73. The molecule has 28 heavy (non-hydrogen) atoms. The molecule has 0 unspecified atom stereocenters. The van der Waals surface area contributed by atoms with E-state index in [0.29, 0.717) is 19.5 Å². The smallest absolute Gasteiger partial charge is 0.407 e. The van der Waals surface area contributed by atoms with Crippen LogP contribution in [0.4, 0.5) is 15.0 Å². The van der Waals surface area contributed by atoms with Gasteiger partial charge in [0.05, 0.1) is 12.6 Å². The fourth-order valence-electron chi connectivity index (χ4n) is 3.16. The minimum Gasteiger partial charge on any atom is -0.461 e. The van der Waals surface area contributed by atoms with Gasteiger partial charge >= 0.3 is 12.1 Å². The lowest BCUT2D eigenvalue weighted by molar-refractivity contribution is 0.0513. The van der Waals surface area contributed by atoms with E-state index in [2.05, 4.69) is 10.4 Å². The summed E-state index contributed by atoms with van der Waals surface area (Å²) >= 11 is 0. The Labute approximate surface area is 162 Å². The minimum atomic E-state index is -0.791. The number of aromatic nitrogens is 2. The molecular weight excluding hydrogens is 367 g/mol. The molecule has 1 saturated heterocycles. The average Bonchev–Trinajstić information content (AvgIpc) is 3.24. The number of benzene rings is 1. The second-order valence-electron chi connectivity index (χ2n) is 6.47. The number of ether oxygens (including phenoxy) is 2. The summed E-state index contributed by atoms with van der Waals surface area (Å²) in [5.74, 6) is -1.31. The van der Waals surface area contributed by atoms with E-state index in [0.717, 1.165) is 5.56 Å². The lowest BCUT2D eigenvalue weighted by Crippen LogP contribution is -2.37. The van der Waals surface area contributed by atoms with Crippen LogP contribution in [0, 0.1) is 5.82 Å². The summed E-state index contributed by atoms with van der Waals surface area (Å²) in [4.78, 5) is 25.6. The maximum absolute atomic E-state index is 14.7. The molecule has 1 aromatic carbocycles. The average molecular weight is 390 g/mol. The molecule has 150 valence electrons. The van der Waals surface area contributed by atoms with Crippen molar-refractivity contribution >= 4 is 17.9 Å². The molecule has 2 aromatic rings. The van der Waals surface area contributed by atoms with Crippen molar-refractivity contribution in [3.05, 3.63) is 47.4 Å². The summed E-state index contributed by atoms with van der Waals surface area (Å²) in [7, 11) is 1.57. The van der Waals surface area contributed by atoms with E-state index in [1.54, 1.807) is 18.9 Å². The van der Waals surface area contributed by atoms with Gasteiger partial charge in [-0.05, 0) is 18.9 Å². The summed E-state index contributed by atoms with van der Waals surface area (Å²) in [6.07, 6.45) is 0.105. The molecule has 0 radical (unpaired) electrons. The van der Waals surface area contributed by atoms with Crippen LogP contribution >= 0.6 is 0 Å². The number of esters is 1. The van der Waals surface area contributed by atoms with Crippen LogP contribution in [0.15, 0.2) is 30.3 Å². The van der Waals surface area contributed by atoms with E-state index >= 15 is 0 Å². The van der Waals surface area contributed by atoms with Gasteiger partial charge in [-0.15, -0.1) is 0 Å². The predicted molar refractivity (Wildman–Crippen MR) is 99.5 cm³/mol. The molecular formula is C19H23FN4O4. The van der Waals surface area contributed by atoms with Crippen LogP contribution in [-0.4, -0.2) is 47.6 Å². The molecule has 1 aliphatic heterocycles. The number of nitrogens with one attached hydrogen (secondary N) is 1. The predicted octanol–water partition coefficient (Wildman–Crippen LogP) is 2.24. The number of anilines is 1. The molecule has 9 heteroatoms. The Balaban J connectivity index is 1.56. The van der Waals surface area contributed by atoms with Gasteiger partial charge in [0, 0.05) is 20.1 Å². The lowest BCUT2D eigenvalue weighted by atomic mass is 10.2. The quantitative estimate of drug-likeness (QED) is 0.762. The van der Waals surface area contributed by atoms with Gasteiger partial charge in [0.1, 0.15) is 6.61 Å². The Hall–Kier alpha value is -3.10. The lowest BCUT2D eigenvalue weighted by Gasteiger charge is -2.18. The van der Waals surface area contributed by atoms with Gasteiger partial charge in [0.15, 0.2) is 11.6 Å². The first kappa shape index (κ1) is 19.7. The molecule has 0 saturated carbocycles. The molecule has 2 heterocycles. The van der Waals surface area contributed by atoms with Crippen LogP contribution in [0.3, 0.4) is 0 Å². The SMILES string of the molecule is CCOC(=O)c1nn(C)c(N2CC[C@H](NC(=O)OCc3ccccc3)C2)c1F. The molecule has 1 amide bonds. The number of carbonyl (C=O) groups is 2. The fourth-order valence-corrected chi connectivity index (χ4v) is 3.16. The van der Waals surface area contributed by atoms with Crippen LogP contribution in [0.25, 0.3) is 0 Å². The van der Waals surface area contributed by atoms with Gasteiger partial charge in [-0.2, -0.15) is 5.10 Å². The number of amides is 1. The summed E-state index contributed by atoms with van der Waals surface area (Å²) < 4.78 is 26.0. The topological polar surface area (TPSA) is 85.7 Å². The van der Waals surface area contributed by atoms with Crippen molar-refractivity contribution in [1.82, 2.24) is 15.1 Å². The second-order valence-corrected chi connectivity index (χ2v) is 6.47. The van der Waals surface area contributed by atoms with Crippen molar-refractivity contribution in [2.45, 2.75) is 26.0 Å². The Kier molecular flexibility index (Phi) is 6.13. The third-order valence-corrected chi connectivity index (χ3v) is 4.45. The maximum atomic E-state index is 14.7. The minimum absolute atomic E-state index is 0.144. The highest BCUT2D eigenvalue weighted by Crippen LogP contribution is 2.26. The monoisotopic (exact) mass is 390 g/mol. The first-order valence-corrected chi connectivity index (χ1v) is 9.11. The van der Waals surface area contributed by atoms with Crippen LogP contribution in [-0.2, 0) is 23.1 Å². The van der Waals surface area contributed by atoms with Crippen LogP contribution in [0.1, 0.15) is 29.4 Å². The van der Waals surface area contributed by atoms with E-state index in [1.165, 1.54) is 4.68 Å². The Morgan fingerprint density at radius 2 is 2.04 bits per heavy atom. The van der Waals surface area contributed by atoms with E-state index in [-0.39, 0.29) is 30.8 Å². The molecule has 3 rings (SSSR count). The van der Waals surface area contributed by atoms with Crippen molar-refractivity contribution < 1.29 is 23.5 Å². The van der Waals surface area contributed by atoms with E-state index in [4.69, 9.17) is 9.47 Å². The van der Waals surface area contributed by atoms with Crippen LogP contribution in [0.2, 0.25) is 0 Å². The van der Waals surface area contributed by atoms with Crippen molar-refractivity contribution in [3.63, 3.8) is 0 Å². The molecule has 1 aliphatic rings. The third-order valence-electron chi connectivity index (χ3n) is 4.45. The third kappa shape index (κ3) is 4.41. The van der Waals surface area contributed by atoms with E-state index in [9.17, 15) is 14.0 Å². The fraction of sp³-hybridized carbons (Fsp3) is 0.421. The summed E-state index contributed by atoms with van der Waals surface area (Å²) in [5.41, 5.74) is 0.562. The van der Waals surface area contributed by atoms with Crippen molar-refractivity contribution in [2.75, 3.05) is 24.6 Å². The standard InChI is InChI=1S/C19H23FN4O4/c1-3-27-18(25)16-15(20)17(23(2)22-16)24-10-9-14(11-24)21-19(26)28-12-13-7-5-4-6-8-13/h4-8,14H,3,9-12H2,1-2H3,(H,21,26)/t14-/m0/s1. The Bertz CT molecular complexity index is 840. The van der Waals surface area contributed by atoms with Crippen LogP contribution < -0.4 is 10.2 Å². The highest BCUT2D eigenvalue weighted by molar-refractivity contribution is 5.88. The molecule has 0 aliphatic carbocycles. The first-order valence-electron chi connectivity index (χ1n) is 9.11. The largest absolute Gasteiger partial charge is 0.461 e. The molecule has 1 aromatic heterocycles. The number of alkyl carbamates (subject to hydrolysis) is 1. The number of rotatable bonds is 6. The number of aryl methyl sites for hydroxylation is 1. The number of nitrogens with zero attached hydrogens (tertiary/aromatic N) is 3. The van der Waals surface area contributed by atoms with Gasteiger partial charge in [-0.1, -0.05) is 30.3 Å². The maximum Gasteiger partial charge on any atom is 0.407 e. The van der Waals surface area contributed by atoms with Gasteiger partial charge < -0.3 is 19.7 Å². The zero-order valence-corrected chi connectivity index (χ0v) is 15.9. The van der Waals surface area contributed by atoms with E-state index in [1.807, 2.05) is 30.3 Å². The van der Waals surface area contributed by atoms with Crippen LogP contribution in [0.5, 0.6) is 0 Å². The van der Waals surface area contributed by atoms with Gasteiger partial charge in [-0.3, -0.25) is 0 Å². The Morgan fingerprint density at radius 1 is 1.29 bits per heavy atom. The van der Waals surface area contributed by atoms with Gasteiger partial charge in [-0.25, -0.2) is 18.7 Å². The Morgan fingerprint density at radius 3 is 2.75 bits per heavy atom. The number of carbonyl (C=O) groups excluding carboxylic acids is 2. The molecule has 0 bridgehead atoms. The van der Waals surface area contributed by atoms with Crippen molar-refractivity contribution in [1.29, 1.82) is 0 Å². The highest BCUT2D eigenvalue weighted by atomic mass is 19.1. The normalized spacial score (nSPS) is 16.1. The molecule has 1 fully saturated rings. The summed E-state index contributed by atoms with van der Waals surface area (Å²) in [6, 6.07) is 9.19. The number of hydrogen-bond donors (Lipinski definition) is 1. The molecule has 1 N–H and O–H groups in total. The number of hydrogen-bond acceptors (Lipinski definition) is 6. The van der Waals surface area contributed by atoms with Gasteiger partial charge in [0.25, 0.3) is 0 Å². The van der Waals surface area contributed by atoms with E-state index < -0.39 is 17.9 Å².